The maximum atomic E-state index is 11.2. The van der Waals surface area contributed by atoms with Crippen LogP contribution in [0.2, 0.25) is 0 Å². The van der Waals surface area contributed by atoms with Gasteiger partial charge in [0, 0.05) is 31.4 Å². The number of amides is 1. The molecule has 0 spiro atoms. The van der Waals surface area contributed by atoms with Crippen molar-refractivity contribution in [3.8, 4) is 11.4 Å². The molecule has 1 saturated carbocycles. The van der Waals surface area contributed by atoms with Crippen LogP contribution in [0.3, 0.4) is 0 Å². The minimum atomic E-state index is -0.408. The van der Waals surface area contributed by atoms with E-state index in [0.29, 0.717) is 19.1 Å². The molecule has 1 atom stereocenters. The SMILES string of the molecule is COC(=O)NCCCn1nc(C(C)NC2CC2)cc1-c1ccc(C)cn1. The van der Waals surface area contributed by atoms with Crippen LogP contribution in [0.1, 0.15) is 43.5 Å². The minimum Gasteiger partial charge on any atom is -0.453 e. The third-order valence-electron chi connectivity index (χ3n) is 4.48. The molecule has 2 heterocycles. The van der Waals surface area contributed by atoms with E-state index < -0.39 is 6.09 Å². The molecule has 7 heteroatoms. The predicted molar refractivity (Wildman–Crippen MR) is 99.8 cm³/mol. The van der Waals surface area contributed by atoms with Crippen LogP contribution < -0.4 is 10.6 Å². The van der Waals surface area contributed by atoms with Crippen LogP contribution in [-0.2, 0) is 11.3 Å². The Hall–Kier alpha value is -2.41. The van der Waals surface area contributed by atoms with Gasteiger partial charge in [-0.3, -0.25) is 9.67 Å². The highest BCUT2D eigenvalue weighted by atomic mass is 16.5. The predicted octanol–water partition coefficient (Wildman–Crippen LogP) is 2.81. The van der Waals surface area contributed by atoms with Crippen LogP contribution in [0.25, 0.3) is 11.4 Å². The zero-order valence-corrected chi connectivity index (χ0v) is 15.7. The summed E-state index contributed by atoms with van der Waals surface area (Å²) in [6.45, 7) is 5.42. The molecule has 3 rings (SSSR count). The summed E-state index contributed by atoms with van der Waals surface area (Å²) in [4.78, 5) is 15.7. The fourth-order valence-electron chi connectivity index (χ4n) is 2.82. The third-order valence-corrected chi connectivity index (χ3v) is 4.48. The number of carbonyl (C=O) groups is 1. The Labute approximate surface area is 154 Å². The summed E-state index contributed by atoms with van der Waals surface area (Å²) in [5, 5.41) is 11.1. The molecular weight excluding hydrogens is 330 g/mol. The van der Waals surface area contributed by atoms with Crippen molar-refractivity contribution in [3.05, 3.63) is 35.7 Å². The lowest BCUT2D eigenvalue weighted by Gasteiger charge is -2.10. The van der Waals surface area contributed by atoms with Gasteiger partial charge >= 0.3 is 6.09 Å². The highest BCUT2D eigenvalue weighted by Crippen LogP contribution is 2.26. The number of ether oxygens (including phenoxy) is 1. The lowest BCUT2D eigenvalue weighted by atomic mass is 10.2. The number of alkyl carbamates (subject to hydrolysis) is 1. The Morgan fingerprint density at radius 2 is 2.23 bits per heavy atom. The molecule has 1 fully saturated rings. The summed E-state index contributed by atoms with van der Waals surface area (Å²) in [5.41, 5.74) is 4.07. The molecule has 0 aliphatic heterocycles. The number of hydrogen-bond acceptors (Lipinski definition) is 5. The van der Waals surface area contributed by atoms with Crippen LogP contribution in [0.4, 0.5) is 4.79 Å². The molecule has 7 nitrogen and oxygen atoms in total. The molecule has 2 N–H and O–H groups in total. The zero-order valence-electron chi connectivity index (χ0n) is 15.7. The van der Waals surface area contributed by atoms with Crippen LogP contribution in [0.5, 0.6) is 0 Å². The summed E-state index contributed by atoms with van der Waals surface area (Å²) >= 11 is 0. The summed E-state index contributed by atoms with van der Waals surface area (Å²) in [6.07, 6.45) is 4.72. The molecule has 0 saturated heterocycles. The zero-order chi connectivity index (χ0) is 18.5. The molecular formula is C19H27N5O2. The second kappa shape index (κ2) is 8.31. The van der Waals surface area contributed by atoms with Crippen molar-refractivity contribution in [1.82, 2.24) is 25.4 Å². The van der Waals surface area contributed by atoms with Crippen molar-refractivity contribution < 1.29 is 9.53 Å². The van der Waals surface area contributed by atoms with Gasteiger partial charge < -0.3 is 15.4 Å². The monoisotopic (exact) mass is 357 g/mol. The van der Waals surface area contributed by atoms with E-state index in [0.717, 1.165) is 29.1 Å². The standard InChI is InChI=1S/C19H27N5O2/c1-13-5-8-16(21-12-13)18-11-17(14(2)22-15-6-7-15)23-24(18)10-4-9-20-19(25)26-3/h5,8,11-12,14-15,22H,4,6-7,9-10H2,1-3H3,(H,20,25). The highest BCUT2D eigenvalue weighted by Gasteiger charge is 2.25. The smallest absolute Gasteiger partial charge is 0.406 e. The number of hydrogen-bond donors (Lipinski definition) is 2. The Kier molecular flexibility index (Phi) is 5.88. The van der Waals surface area contributed by atoms with E-state index >= 15 is 0 Å². The molecule has 2 aromatic heterocycles. The van der Waals surface area contributed by atoms with Crippen molar-refractivity contribution >= 4 is 6.09 Å². The number of aromatic nitrogens is 3. The average molecular weight is 357 g/mol. The van der Waals surface area contributed by atoms with Crippen molar-refractivity contribution in [3.63, 3.8) is 0 Å². The Balaban J connectivity index is 1.74. The van der Waals surface area contributed by atoms with Crippen LogP contribution in [0, 0.1) is 6.92 Å². The molecule has 26 heavy (non-hydrogen) atoms. The first-order chi connectivity index (χ1) is 12.6. The van der Waals surface area contributed by atoms with Gasteiger partial charge in [-0.1, -0.05) is 6.07 Å². The second-order valence-electron chi connectivity index (χ2n) is 6.83. The van der Waals surface area contributed by atoms with Gasteiger partial charge in [-0.05, 0) is 50.8 Å². The fourth-order valence-corrected chi connectivity index (χ4v) is 2.82. The molecule has 0 bridgehead atoms. The molecule has 1 amide bonds. The summed E-state index contributed by atoms with van der Waals surface area (Å²) in [6, 6.07) is 7.04. The number of methoxy groups -OCH3 is 1. The first-order valence-corrected chi connectivity index (χ1v) is 9.15. The normalized spacial score (nSPS) is 14.9. The molecule has 0 aromatic carbocycles. The van der Waals surface area contributed by atoms with Crippen molar-refractivity contribution in [2.45, 2.75) is 51.7 Å². The van der Waals surface area contributed by atoms with E-state index in [-0.39, 0.29) is 6.04 Å². The van der Waals surface area contributed by atoms with Crippen LogP contribution in [-0.4, -0.2) is 40.6 Å². The van der Waals surface area contributed by atoms with E-state index in [1.807, 2.05) is 23.9 Å². The van der Waals surface area contributed by atoms with Gasteiger partial charge in [-0.15, -0.1) is 0 Å². The van der Waals surface area contributed by atoms with E-state index in [2.05, 4.69) is 39.4 Å². The average Bonchev–Trinajstić information content (AvgIpc) is 3.35. The summed E-state index contributed by atoms with van der Waals surface area (Å²) < 4.78 is 6.58. The second-order valence-corrected chi connectivity index (χ2v) is 6.83. The maximum Gasteiger partial charge on any atom is 0.406 e. The molecule has 0 radical (unpaired) electrons. The lowest BCUT2D eigenvalue weighted by molar-refractivity contribution is 0.170. The number of rotatable bonds is 8. The summed E-state index contributed by atoms with van der Waals surface area (Å²) in [5.74, 6) is 0. The van der Waals surface area contributed by atoms with Gasteiger partial charge in [0.1, 0.15) is 0 Å². The van der Waals surface area contributed by atoms with Crippen LogP contribution >= 0.6 is 0 Å². The highest BCUT2D eigenvalue weighted by molar-refractivity contribution is 5.66. The van der Waals surface area contributed by atoms with Gasteiger partial charge in [0.05, 0.1) is 24.2 Å². The van der Waals surface area contributed by atoms with E-state index in [9.17, 15) is 4.79 Å². The minimum absolute atomic E-state index is 0.209. The van der Waals surface area contributed by atoms with Crippen molar-refractivity contribution in [2.75, 3.05) is 13.7 Å². The molecule has 1 aliphatic carbocycles. The van der Waals surface area contributed by atoms with Crippen molar-refractivity contribution in [2.24, 2.45) is 0 Å². The number of nitrogens with zero attached hydrogens (tertiary/aromatic N) is 3. The van der Waals surface area contributed by atoms with Gasteiger partial charge in [0.15, 0.2) is 0 Å². The fraction of sp³-hybridized carbons (Fsp3) is 0.526. The van der Waals surface area contributed by atoms with Crippen LogP contribution in [0.15, 0.2) is 24.4 Å². The largest absolute Gasteiger partial charge is 0.453 e. The van der Waals surface area contributed by atoms with E-state index in [1.54, 1.807) is 0 Å². The maximum absolute atomic E-state index is 11.2. The Morgan fingerprint density at radius 3 is 2.88 bits per heavy atom. The number of pyridine rings is 1. The topological polar surface area (TPSA) is 81.1 Å². The molecule has 1 unspecified atom stereocenters. The van der Waals surface area contributed by atoms with Gasteiger partial charge in [0.25, 0.3) is 0 Å². The van der Waals surface area contributed by atoms with Gasteiger partial charge in [-0.2, -0.15) is 5.10 Å². The molecule has 2 aromatic rings. The number of aryl methyl sites for hydroxylation is 2. The van der Waals surface area contributed by atoms with Gasteiger partial charge in [0.2, 0.25) is 0 Å². The summed E-state index contributed by atoms with van der Waals surface area (Å²) in [7, 11) is 1.37. The number of nitrogens with one attached hydrogen (secondary N) is 2. The quantitative estimate of drug-likeness (QED) is 0.710. The first-order valence-electron chi connectivity index (χ1n) is 9.15. The molecule has 1 aliphatic rings. The lowest BCUT2D eigenvalue weighted by Crippen LogP contribution is -2.25. The van der Waals surface area contributed by atoms with E-state index in [4.69, 9.17) is 5.10 Å². The van der Waals surface area contributed by atoms with Crippen molar-refractivity contribution in [1.29, 1.82) is 0 Å². The van der Waals surface area contributed by atoms with Gasteiger partial charge in [-0.25, -0.2) is 4.79 Å². The first kappa shape index (κ1) is 18.4. The third kappa shape index (κ3) is 4.82. The Bertz CT molecular complexity index is 737. The molecule has 140 valence electrons. The van der Waals surface area contributed by atoms with E-state index in [1.165, 1.54) is 20.0 Å². The number of carbonyl (C=O) groups excluding carboxylic acids is 1. The Morgan fingerprint density at radius 1 is 1.42 bits per heavy atom.